The van der Waals surface area contributed by atoms with Gasteiger partial charge in [0, 0.05) is 11.2 Å². The highest BCUT2D eigenvalue weighted by Gasteiger charge is 2.45. The van der Waals surface area contributed by atoms with E-state index in [2.05, 4.69) is 14.9 Å². The summed E-state index contributed by atoms with van der Waals surface area (Å²) in [5.74, 6) is -1.40. The van der Waals surface area contributed by atoms with E-state index in [0.29, 0.717) is 5.56 Å². The molecule has 1 aromatic heterocycles. The number of carbonyl (C=O) groups excluding carboxylic acids is 1. The largest absolute Gasteiger partial charge is 0.470 e. The van der Waals surface area contributed by atoms with Crippen LogP contribution in [-0.4, -0.2) is 31.6 Å². The molecule has 2 aromatic carbocycles. The zero-order chi connectivity index (χ0) is 24.1. The van der Waals surface area contributed by atoms with Crippen molar-refractivity contribution in [3.05, 3.63) is 82.6 Å². The fourth-order valence-electron chi connectivity index (χ4n) is 2.96. The van der Waals surface area contributed by atoms with Crippen LogP contribution in [-0.2, 0) is 31.8 Å². The van der Waals surface area contributed by atoms with Gasteiger partial charge in [-0.25, -0.2) is 4.57 Å². The number of hydrogen-bond acceptors (Lipinski definition) is 8. The molecule has 2 atom stereocenters. The molecule has 11 nitrogen and oxygen atoms in total. The van der Waals surface area contributed by atoms with E-state index in [1.807, 2.05) is 42.5 Å². The van der Waals surface area contributed by atoms with Crippen molar-refractivity contribution < 1.29 is 38.0 Å². The van der Waals surface area contributed by atoms with Crippen molar-refractivity contribution in [1.29, 1.82) is 0 Å². The summed E-state index contributed by atoms with van der Waals surface area (Å²) in [6, 6.07) is 18.1. The van der Waals surface area contributed by atoms with Gasteiger partial charge < -0.3 is 24.2 Å². The van der Waals surface area contributed by atoms with Crippen LogP contribution in [0.15, 0.2) is 70.4 Å². The third-order valence-corrected chi connectivity index (χ3v) is 5.33. The van der Waals surface area contributed by atoms with Crippen molar-refractivity contribution in [2.24, 2.45) is 5.18 Å². The summed E-state index contributed by atoms with van der Waals surface area (Å²) in [4.78, 5) is 40.7. The molecule has 174 valence electrons. The van der Waals surface area contributed by atoms with Gasteiger partial charge >= 0.3 is 13.7 Å². The number of nitroso groups, excluding NO2 is 1. The molecule has 3 rings (SSSR count). The van der Waals surface area contributed by atoms with E-state index in [4.69, 9.17) is 19.0 Å². The fourth-order valence-corrected chi connectivity index (χ4v) is 3.26. The minimum atomic E-state index is -4.75. The molecule has 3 N–H and O–H groups in total. The maximum Gasteiger partial charge on any atom is 0.470 e. The summed E-state index contributed by atoms with van der Waals surface area (Å²) in [7, 11) is -4.75. The van der Waals surface area contributed by atoms with Gasteiger partial charge in [0.15, 0.2) is 11.4 Å². The third-order valence-electron chi connectivity index (χ3n) is 4.86. The lowest BCUT2D eigenvalue weighted by atomic mass is 9.95. The first-order valence-corrected chi connectivity index (χ1v) is 11.1. The van der Waals surface area contributed by atoms with Gasteiger partial charge in [0.2, 0.25) is 0 Å². The summed E-state index contributed by atoms with van der Waals surface area (Å²) in [6.45, 7) is 0.422. The Bertz CT molecular complexity index is 1140. The van der Waals surface area contributed by atoms with Crippen molar-refractivity contribution in [2.75, 3.05) is 0 Å². The highest BCUT2D eigenvalue weighted by Crippen LogP contribution is 2.37. The van der Waals surface area contributed by atoms with Crippen LogP contribution in [0.2, 0.25) is 0 Å². The first-order chi connectivity index (χ1) is 15.6. The molecule has 0 unspecified atom stereocenters. The number of ether oxygens (including phenoxy) is 1. The zero-order valence-corrected chi connectivity index (χ0v) is 18.3. The van der Waals surface area contributed by atoms with E-state index in [9.17, 15) is 19.4 Å². The second-order valence-electron chi connectivity index (χ2n) is 7.24. The SMILES string of the molecule is C[C@@](OCc1ccc(-c2ccccc2)cc1)(C(=O)N=O)[C@@H](O)c1cc(COP(=O)(O)O)on1. The molecule has 0 aliphatic heterocycles. The Labute approximate surface area is 188 Å². The molecule has 0 saturated heterocycles. The molecule has 12 heteroatoms. The van der Waals surface area contributed by atoms with Crippen molar-refractivity contribution in [2.45, 2.75) is 31.8 Å². The Morgan fingerprint density at radius 1 is 1.12 bits per heavy atom. The van der Waals surface area contributed by atoms with E-state index in [1.165, 1.54) is 6.92 Å². The highest BCUT2D eigenvalue weighted by molar-refractivity contribution is 7.46. The average Bonchev–Trinajstić information content (AvgIpc) is 3.30. The van der Waals surface area contributed by atoms with Gasteiger partial charge in [-0.1, -0.05) is 59.8 Å². The number of hydrogen-bond donors (Lipinski definition) is 3. The number of aromatic nitrogens is 1. The predicted octanol–water partition coefficient (Wildman–Crippen LogP) is 3.25. The van der Waals surface area contributed by atoms with E-state index in [-0.39, 0.29) is 18.1 Å². The summed E-state index contributed by atoms with van der Waals surface area (Å²) in [6.07, 6.45) is -1.76. The first kappa shape index (κ1) is 24.6. The van der Waals surface area contributed by atoms with Crippen LogP contribution >= 0.6 is 7.82 Å². The Morgan fingerprint density at radius 2 is 1.76 bits per heavy atom. The zero-order valence-electron chi connectivity index (χ0n) is 17.4. The van der Waals surface area contributed by atoms with Crippen LogP contribution < -0.4 is 0 Å². The van der Waals surface area contributed by atoms with Gasteiger partial charge in [0.05, 0.1) is 6.61 Å². The molecule has 0 bridgehead atoms. The van der Waals surface area contributed by atoms with Gasteiger partial charge in [-0.15, -0.1) is 4.91 Å². The smallest absolute Gasteiger partial charge is 0.383 e. The number of nitrogens with zero attached hydrogens (tertiary/aromatic N) is 2. The Hall–Kier alpha value is -3.05. The molecule has 0 saturated carbocycles. The minimum Gasteiger partial charge on any atom is -0.383 e. The number of phosphoric ester groups is 1. The third kappa shape index (κ3) is 6.26. The number of rotatable bonds is 10. The van der Waals surface area contributed by atoms with Crippen LogP contribution in [0.4, 0.5) is 0 Å². The summed E-state index contributed by atoms with van der Waals surface area (Å²) < 4.78 is 25.6. The summed E-state index contributed by atoms with van der Waals surface area (Å²) >= 11 is 0. The second-order valence-corrected chi connectivity index (χ2v) is 8.48. The molecule has 0 radical (unpaired) electrons. The van der Waals surface area contributed by atoms with E-state index in [1.54, 1.807) is 12.1 Å². The predicted molar refractivity (Wildman–Crippen MR) is 114 cm³/mol. The standard InChI is InChI=1S/C21H21N2O9P/c1-21(20(25)22-26,19(24)18-11-17(32-23-18)13-31-33(27,28)29)30-12-14-7-9-16(10-8-14)15-5-3-2-4-6-15/h2-11,19,24H,12-13H2,1H3,(H2,27,28,29)/t19-,21-/m0/s1. The van der Waals surface area contributed by atoms with Gasteiger partial charge in [-0.05, 0) is 23.6 Å². The summed E-state index contributed by atoms with van der Waals surface area (Å²) in [5, 5.41) is 16.6. The van der Waals surface area contributed by atoms with E-state index < -0.39 is 32.0 Å². The summed E-state index contributed by atoms with van der Waals surface area (Å²) in [5.41, 5.74) is 0.356. The van der Waals surface area contributed by atoms with Crippen LogP contribution in [0.3, 0.4) is 0 Å². The molecule has 1 amide bonds. The quantitative estimate of drug-likeness (QED) is 0.292. The molecular weight excluding hydrogens is 455 g/mol. The highest BCUT2D eigenvalue weighted by atomic mass is 31.2. The van der Waals surface area contributed by atoms with Gasteiger partial charge in [0.25, 0.3) is 0 Å². The molecule has 3 aromatic rings. The molecule has 1 heterocycles. The molecule has 0 spiro atoms. The van der Waals surface area contributed by atoms with Crippen LogP contribution in [0.5, 0.6) is 0 Å². The number of aliphatic hydroxyl groups is 1. The molecule has 33 heavy (non-hydrogen) atoms. The second kappa shape index (κ2) is 10.3. The number of amides is 1. The number of phosphoric acid groups is 1. The van der Waals surface area contributed by atoms with Gasteiger partial charge in [-0.3, -0.25) is 9.32 Å². The Balaban J connectivity index is 1.73. The maximum absolute atomic E-state index is 12.2. The Kier molecular flexibility index (Phi) is 7.65. The lowest BCUT2D eigenvalue weighted by Gasteiger charge is -2.29. The minimum absolute atomic E-state index is 0.127. The Morgan fingerprint density at radius 3 is 2.36 bits per heavy atom. The topological polar surface area (TPSA) is 169 Å². The van der Waals surface area contributed by atoms with Crippen molar-refractivity contribution in [3.63, 3.8) is 0 Å². The molecule has 0 fully saturated rings. The lowest BCUT2D eigenvalue weighted by molar-refractivity contribution is -0.162. The van der Waals surface area contributed by atoms with Crippen molar-refractivity contribution >= 4 is 13.7 Å². The fraction of sp³-hybridized carbons (Fsp3) is 0.238. The van der Waals surface area contributed by atoms with Gasteiger partial charge in [0.1, 0.15) is 18.4 Å². The van der Waals surface area contributed by atoms with E-state index >= 15 is 0 Å². The average molecular weight is 476 g/mol. The first-order valence-electron chi connectivity index (χ1n) is 9.62. The molecule has 0 aliphatic carbocycles. The van der Waals surface area contributed by atoms with Crippen molar-refractivity contribution in [3.8, 4) is 11.1 Å². The molecule has 0 aliphatic rings. The molecular formula is C21H21N2O9P. The number of aliphatic hydroxyl groups excluding tert-OH is 1. The normalized spacial score (nSPS) is 14.4. The van der Waals surface area contributed by atoms with Gasteiger partial charge in [-0.2, -0.15) is 0 Å². The van der Waals surface area contributed by atoms with Crippen LogP contribution in [0, 0.1) is 4.91 Å². The lowest BCUT2D eigenvalue weighted by Crippen LogP contribution is -2.43. The monoisotopic (exact) mass is 476 g/mol. The van der Waals surface area contributed by atoms with Crippen LogP contribution in [0.1, 0.15) is 30.0 Å². The van der Waals surface area contributed by atoms with E-state index in [0.717, 1.165) is 17.2 Å². The van der Waals surface area contributed by atoms with Crippen LogP contribution in [0.25, 0.3) is 11.1 Å². The number of carbonyl (C=O) groups is 1. The van der Waals surface area contributed by atoms with Crippen molar-refractivity contribution in [1.82, 2.24) is 5.16 Å². The number of benzene rings is 2. The maximum atomic E-state index is 12.2.